The quantitative estimate of drug-likeness (QED) is 0.791. The van der Waals surface area contributed by atoms with E-state index in [4.69, 9.17) is 5.73 Å². The van der Waals surface area contributed by atoms with Gasteiger partial charge in [-0.15, -0.1) is 11.3 Å². The predicted molar refractivity (Wildman–Crippen MR) is 67.9 cm³/mol. The van der Waals surface area contributed by atoms with Crippen molar-refractivity contribution in [2.75, 3.05) is 6.54 Å². The topological polar surface area (TPSA) is 60.9 Å². The molecule has 0 atom stereocenters. The first kappa shape index (κ1) is 11.6. The first-order valence-corrected chi connectivity index (χ1v) is 5.95. The molecule has 0 unspecified atom stereocenters. The van der Waals surface area contributed by atoms with Gasteiger partial charge in [-0.1, -0.05) is 11.8 Å². The predicted octanol–water partition coefficient (Wildman–Crippen LogP) is 0.663. The molecule has 0 radical (unpaired) electrons. The van der Waals surface area contributed by atoms with Crippen molar-refractivity contribution in [3.8, 4) is 11.8 Å². The van der Waals surface area contributed by atoms with E-state index in [2.05, 4.69) is 16.8 Å². The lowest BCUT2D eigenvalue weighted by Crippen LogP contribution is -2.21. The average Bonchev–Trinajstić information content (AvgIpc) is 2.77. The Labute approximate surface area is 103 Å². The number of nitrogens with zero attached hydrogens (tertiary/aromatic N) is 2. The third-order valence-electron chi connectivity index (χ3n) is 2.10. The maximum Gasteiger partial charge on any atom is 0.347 e. The standard InChI is InChI=1S/C12H11N3OS/c13-4-1-3-10-7-11(17-9-10)8-15-6-2-5-14-12(15)16/h2,5-7,9H,4,8,13H2. The summed E-state index contributed by atoms with van der Waals surface area (Å²) in [6, 6.07) is 3.71. The molecule has 0 aliphatic heterocycles. The van der Waals surface area contributed by atoms with E-state index in [1.54, 1.807) is 28.2 Å². The van der Waals surface area contributed by atoms with Crippen molar-refractivity contribution in [3.05, 3.63) is 50.8 Å². The van der Waals surface area contributed by atoms with E-state index in [0.717, 1.165) is 10.4 Å². The molecule has 0 aliphatic carbocycles. The first-order chi connectivity index (χ1) is 8.29. The van der Waals surface area contributed by atoms with E-state index in [1.165, 1.54) is 6.20 Å². The second-order valence-electron chi connectivity index (χ2n) is 3.34. The van der Waals surface area contributed by atoms with Crippen LogP contribution in [0.3, 0.4) is 0 Å². The summed E-state index contributed by atoms with van der Waals surface area (Å²) >= 11 is 1.57. The fourth-order valence-corrected chi connectivity index (χ4v) is 2.17. The Morgan fingerprint density at radius 2 is 2.41 bits per heavy atom. The molecule has 0 aliphatic rings. The van der Waals surface area contributed by atoms with Gasteiger partial charge in [-0.3, -0.25) is 4.57 Å². The molecule has 2 aromatic heterocycles. The number of nitrogens with two attached hydrogens (primary N) is 1. The van der Waals surface area contributed by atoms with Crippen molar-refractivity contribution < 1.29 is 0 Å². The SMILES string of the molecule is NCC#Cc1csc(Cn2cccnc2=O)c1. The van der Waals surface area contributed by atoms with E-state index >= 15 is 0 Å². The van der Waals surface area contributed by atoms with E-state index in [-0.39, 0.29) is 5.69 Å². The van der Waals surface area contributed by atoms with Crippen LogP contribution in [0.4, 0.5) is 0 Å². The highest BCUT2D eigenvalue weighted by Crippen LogP contribution is 2.14. The average molecular weight is 245 g/mol. The molecule has 86 valence electrons. The summed E-state index contributed by atoms with van der Waals surface area (Å²) in [5.74, 6) is 5.75. The van der Waals surface area contributed by atoms with Gasteiger partial charge in [-0.05, 0) is 12.1 Å². The molecule has 2 N–H and O–H groups in total. The third kappa shape index (κ3) is 3.03. The molecule has 2 heterocycles. The Balaban J connectivity index is 2.17. The molecule has 2 aromatic rings. The summed E-state index contributed by atoms with van der Waals surface area (Å²) in [5, 5.41) is 1.96. The summed E-state index contributed by atoms with van der Waals surface area (Å²) in [5.41, 5.74) is 6.00. The molecule has 0 spiro atoms. The lowest BCUT2D eigenvalue weighted by Gasteiger charge is -2.00. The van der Waals surface area contributed by atoms with Gasteiger partial charge in [0.25, 0.3) is 0 Å². The van der Waals surface area contributed by atoms with Gasteiger partial charge in [0.1, 0.15) is 0 Å². The van der Waals surface area contributed by atoms with E-state index in [0.29, 0.717) is 13.1 Å². The minimum atomic E-state index is -0.240. The van der Waals surface area contributed by atoms with Crippen LogP contribution in [0.15, 0.2) is 34.7 Å². The normalized spacial score (nSPS) is 9.71. The van der Waals surface area contributed by atoms with Crippen molar-refractivity contribution in [3.63, 3.8) is 0 Å². The van der Waals surface area contributed by atoms with E-state index in [9.17, 15) is 4.79 Å². The maximum atomic E-state index is 11.4. The molecule has 0 fully saturated rings. The molecule has 0 aromatic carbocycles. The van der Waals surface area contributed by atoms with Gasteiger partial charge in [0.2, 0.25) is 0 Å². The van der Waals surface area contributed by atoms with Crippen LogP contribution in [0, 0.1) is 11.8 Å². The Hall–Kier alpha value is -1.90. The van der Waals surface area contributed by atoms with Gasteiger partial charge in [-0.2, -0.15) is 0 Å². The molecular formula is C12H11N3OS. The second kappa shape index (κ2) is 5.43. The van der Waals surface area contributed by atoms with Crippen LogP contribution in [0.2, 0.25) is 0 Å². The van der Waals surface area contributed by atoms with Crippen molar-refractivity contribution in [2.24, 2.45) is 5.73 Å². The van der Waals surface area contributed by atoms with Gasteiger partial charge >= 0.3 is 5.69 Å². The Bertz CT molecular complexity index is 618. The second-order valence-corrected chi connectivity index (χ2v) is 4.33. The van der Waals surface area contributed by atoms with Gasteiger partial charge in [-0.25, -0.2) is 9.78 Å². The molecule has 0 bridgehead atoms. The van der Waals surface area contributed by atoms with Crippen LogP contribution in [0.5, 0.6) is 0 Å². The van der Waals surface area contributed by atoms with Crippen LogP contribution in [-0.4, -0.2) is 16.1 Å². The van der Waals surface area contributed by atoms with Gasteiger partial charge in [0, 0.05) is 28.2 Å². The summed E-state index contributed by atoms with van der Waals surface area (Å²) in [4.78, 5) is 16.2. The monoisotopic (exact) mass is 245 g/mol. The van der Waals surface area contributed by atoms with Crippen LogP contribution < -0.4 is 11.4 Å². The highest BCUT2D eigenvalue weighted by atomic mass is 32.1. The molecule has 4 nitrogen and oxygen atoms in total. The largest absolute Gasteiger partial charge is 0.347 e. The summed E-state index contributed by atoms with van der Waals surface area (Å²) in [6.45, 7) is 0.884. The third-order valence-corrected chi connectivity index (χ3v) is 3.02. The molecule has 2 rings (SSSR count). The van der Waals surface area contributed by atoms with Crippen molar-refractivity contribution in [2.45, 2.75) is 6.54 Å². The fourth-order valence-electron chi connectivity index (χ4n) is 1.36. The van der Waals surface area contributed by atoms with Gasteiger partial charge < -0.3 is 5.73 Å². The van der Waals surface area contributed by atoms with Crippen molar-refractivity contribution >= 4 is 11.3 Å². The molecule has 0 saturated heterocycles. The van der Waals surface area contributed by atoms with Crippen LogP contribution >= 0.6 is 11.3 Å². The summed E-state index contributed by atoms with van der Waals surface area (Å²) in [7, 11) is 0. The molecule has 17 heavy (non-hydrogen) atoms. The molecule has 0 amide bonds. The number of thiophene rings is 1. The van der Waals surface area contributed by atoms with Crippen LogP contribution in [-0.2, 0) is 6.54 Å². The van der Waals surface area contributed by atoms with E-state index in [1.807, 2.05) is 11.4 Å². The van der Waals surface area contributed by atoms with Gasteiger partial charge in [0.15, 0.2) is 0 Å². The Morgan fingerprint density at radius 1 is 1.53 bits per heavy atom. The van der Waals surface area contributed by atoms with Crippen LogP contribution in [0.25, 0.3) is 0 Å². The number of rotatable bonds is 2. The first-order valence-electron chi connectivity index (χ1n) is 5.07. The zero-order valence-corrected chi connectivity index (χ0v) is 9.91. The Kier molecular flexibility index (Phi) is 3.70. The highest BCUT2D eigenvalue weighted by Gasteiger charge is 2.00. The summed E-state index contributed by atoms with van der Waals surface area (Å²) in [6.07, 6.45) is 3.21. The highest BCUT2D eigenvalue weighted by molar-refractivity contribution is 7.10. The molecule has 5 heteroatoms. The minimum Gasteiger partial charge on any atom is -0.320 e. The summed E-state index contributed by atoms with van der Waals surface area (Å²) < 4.78 is 1.56. The van der Waals surface area contributed by atoms with E-state index < -0.39 is 0 Å². The number of hydrogen-bond acceptors (Lipinski definition) is 4. The lowest BCUT2D eigenvalue weighted by atomic mass is 10.3. The smallest absolute Gasteiger partial charge is 0.320 e. The maximum absolute atomic E-state index is 11.4. The van der Waals surface area contributed by atoms with Crippen molar-refractivity contribution in [1.82, 2.24) is 9.55 Å². The zero-order chi connectivity index (χ0) is 12.1. The van der Waals surface area contributed by atoms with Gasteiger partial charge in [0.05, 0.1) is 13.1 Å². The molecule has 0 saturated carbocycles. The van der Waals surface area contributed by atoms with Crippen molar-refractivity contribution in [1.29, 1.82) is 0 Å². The number of aromatic nitrogens is 2. The Morgan fingerprint density at radius 3 is 3.18 bits per heavy atom. The lowest BCUT2D eigenvalue weighted by molar-refractivity contribution is 0.735. The van der Waals surface area contributed by atoms with Crippen LogP contribution in [0.1, 0.15) is 10.4 Å². The minimum absolute atomic E-state index is 0.240. The molecular weight excluding hydrogens is 234 g/mol. The number of hydrogen-bond donors (Lipinski definition) is 1. The fraction of sp³-hybridized carbons (Fsp3) is 0.167. The zero-order valence-electron chi connectivity index (χ0n) is 9.09.